The Labute approximate surface area is 79.8 Å². The molecule has 0 aliphatic carbocycles. The molecule has 0 aromatic rings. The number of hydrogen-bond donors (Lipinski definition) is 2. The van der Waals surface area contributed by atoms with Crippen LogP contribution in [0.4, 0.5) is 0 Å². The molecule has 2 aliphatic heterocycles. The number of nitrogens with two attached hydrogens (primary N) is 1. The summed E-state index contributed by atoms with van der Waals surface area (Å²) in [5, 5.41) is 7.89. The minimum absolute atomic E-state index is 0.211. The van der Waals surface area contributed by atoms with Crippen molar-refractivity contribution in [3.8, 4) is 0 Å². The molecule has 2 fully saturated rings. The van der Waals surface area contributed by atoms with Gasteiger partial charge in [-0.2, -0.15) is 0 Å². The number of hydrogen-bond acceptors (Lipinski definition) is 3. The molecule has 2 atom stereocenters. The van der Waals surface area contributed by atoms with Gasteiger partial charge in [0, 0.05) is 37.8 Å². The first-order valence-electron chi connectivity index (χ1n) is 5.00. The topological polar surface area (TPSA) is 55.4 Å². The van der Waals surface area contributed by atoms with Crippen LogP contribution in [0.2, 0.25) is 0 Å². The zero-order valence-electron chi connectivity index (χ0n) is 8.45. The molecule has 75 valence electrons. The highest BCUT2D eigenvalue weighted by Crippen LogP contribution is 2.17. The molecule has 2 heterocycles. The van der Waals surface area contributed by atoms with E-state index in [1.807, 2.05) is 0 Å². The minimum atomic E-state index is 0.211. The highest BCUT2D eigenvalue weighted by Gasteiger charge is 2.37. The first-order chi connectivity index (χ1) is 6.08. The smallest absolute Gasteiger partial charge is 0.0928 e. The maximum atomic E-state index is 5.89. The molecule has 0 spiro atoms. The fraction of sp³-hybridized carbons (Fsp3) is 1.00. The van der Waals surface area contributed by atoms with E-state index in [-0.39, 0.29) is 11.6 Å². The fourth-order valence-corrected chi connectivity index (χ4v) is 2.11. The van der Waals surface area contributed by atoms with Gasteiger partial charge in [0.25, 0.3) is 0 Å². The largest absolute Gasteiger partial charge is 0.324 e. The first-order valence-corrected chi connectivity index (χ1v) is 5.00. The average molecular weight is 183 g/mol. The fourth-order valence-electron chi connectivity index (χ4n) is 2.11. The Balaban J connectivity index is 1.92. The maximum Gasteiger partial charge on any atom is 0.0928 e. The summed E-state index contributed by atoms with van der Waals surface area (Å²) in [6.07, 6.45) is 0.293. The Hall–Kier alpha value is -0.160. The van der Waals surface area contributed by atoms with E-state index in [1.165, 1.54) is 0 Å². The minimum Gasteiger partial charge on any atom is -0.324 e. The molecule has 0 saturated carbocycles. The van der Waals surface area contributed by atoms with Crippen molar-refractivity contribution in [3.63, 3.8) is 0 Å². The summed E-state index contributed by atoms with van der Waals surface area (Å²) < 4.78 is 0. The number of nitrogens with zero attached hydrogens (tertiary/aromatic N) is 2. The monoisotopic (exact) mass is 183 g/mol. The van der Waals surface area contributed by atoms with E-state index in [0.717, 1.165) is 26.2 Å². The standard InChI is InChI=1S/C9H19N4/c1-9(2)6-13(4-3-12-9)8-7(10)5-11-8/h7-8,12H,3-6,10H2,1-2H3. The second kappa shape index (κ2) is 3.20. The molecule has 2 saturated heterocycles. The van der Waals surface area contributed by atoms with Crippen LogP contribution in [0.5, 0.6) is 0 Å². The Bertz CT molecular complexity index is 192. The summed E-state index contributed by atoms with van der Waals surface area (Å²) in [6, 6.07) is 0.272. The molecule has 0 aromatic heterocycles. The van der Waals surface area contributed by atoms with Gasteiger partial charge in [-0.3, -0.25) is 4.90 Å². The molecular formula is C9H19N4. The van der Waals surface area contributed by atoms with Crippen molar-refractivity contribution < 1.29 is 0 Å². The third-order valence-electron chi connectivity index (χ3n) is 2.86. The molecule has 0 bridgehead atoms. The van der Waals surface area contributed by atoms with Crippen molar-refractivity contribution in [2.75, 3.05) is 26.2 Å². The average Bonchev–Trinajstić information content (AvgIpc) is 2.00. The van der Waals surface area contributed by atoms with Gasteiger partial charge in [-0.1, -0.05) is 0 Å². The van der Waals surface area contributed by atoms with Crippen LogP contribution in [0.1, 0.15) is 13.8 Å². The predicted molar refractivity (Wildman–Crippen MR) is 52.4 cm³/mol. The summed E-state index contributed by atoms with van der Waals surface area (Å²) in [5.41, 5.74) is 6.10. The lowest BCUT2D eigenvalue weighted by Crippen LogP contribution is -2.70. The summed E-state index contributed by atoms with van der Waals surface area (Å²) in [6.45, 7) is 8.47. The molecule has 0 aromatic carbocycles. The van der Waals surface area contributed by atoms with Crippen molar-refractivity contribution in [2.24, 2.45) is 5.73 Å². The highest BCUT2D eigenvalue weighted by molar-refractivity contribution is 4.96. The normalized spacial score (nSPS) is 39.9. The second-order valence-corrected chi connectivity index (χ2v) is 4.72. The van der Waals surface area contributed by atoms with E-state index in [2.05, 4.69) is 29.4 Å². The van der Waals surface area contributed by atoms with Crippen molar-refractivity contribution in [2.45, 2.75) is 31.6 Å². The molecule has 2 unspecified atom stereocenters. The van der Waals surface area contributed by atoms with Gasteiger partial charge in [-0.05, 0) is 13.8 Å². The van der Waals surface area contributed by atoms with Crippen LogP contribution in [0, 0.1) is 0 Å². The second-order valence-electron chi connectivity index (χ2n) is 4.72. The zero-order chi connectivity index (χ0) is 9.47. The van der Waals surface area contributed by atoms with Gasteiger partial charge in [-0.25, -0.2) is 5.32 Å². The third-order valence-corrected chi connectivity index (χ3v) is 2.86. The Morgan fingerprint density at radius 2 is 2.31 bits per heavy atom. The zero-order valence-corrected chi connectivity index (χ0v) is 8.45. The SMILES string of the molecule is CC1(C)CN(C2[N]CC2N)CCN1. The number of piperazine rings is 1. The van der Waals surface area contributed by atoms with E-state index in [4.69, 9.17) is 5.73 Å². The molecule has 2 aliphatic rings. The number of nitrogens with one attached hydrogen (secondary N) is 1. The Kier molecular flexibility index (Phi) is 2.32. The lowest BCUT2D eigenvalue weighted by Gasteiger charge is -2.48. The highest BCUT2D eigenvalue weighted by atomic mass is 15.4. The molecule has 4 nitrogen and oxygen atoms in total. The summed E-state index contributed by atoms with van der Waals surface area (Å²) in [5.74, 6) is 0. The molecule has 1 radical (unpaired) electrons. The van der Waals surface area contributed by atoms with Crippen LogP contribution >= 0.6 is 0 Å². The third kappa shape index (κ3) is 1.86. The molecule has 2 rings (SSSR count). The van der Waals surface area contributed by atoms with Gasteiger partial charge in [0.05, 0.1) is 6.17 Å². The lowest BCUT2D eigenvalue weighted by molar-refractivity contribution is 0.0370. The summed E-state index contributed by atoms with van der Waals surface area (Å²) in [4.78, 5) is 2.39. The van der Waals surface area contributed by atoms with Gasteiger partial charge in [0.2, 0.25) is 0 Å². The van der Waals surface area contributed by atoms with Crippen LogP contribution in [0.3, 0.4) is 0 Å². The van der Waals surface area contributed by atoms with E-state index in [0.29, 0.717) is 6.17 Å². The Morgan fingerprint density at radius 1 is 1.54 bits per heavy atom. The van der Waals surface area contributed by atoms with Gasteiger partial charge in [0.1, 0.15) is 0 Å². The Morgan fingerprint density at radius 3 is 2.77 bits per heavy atom. The van der Waals surface area contributed by atoms with E-state index in [1.54, 1.807) is 0 Å². The van der Waals surface area contributed by atoms with Crippen molar-refractivity contribution in [1.82, 2.24) is 15.5 Å². The molecular weight excluding hydrogens is 164 g/mol. The van der Waals surface area contributed by atoms with Crippen LogP contribution in [0.25, 0.3) is 0 Å². The van der Waals surface area contributed by atoms with Gasteiger partial charge in [-0.15, -0.1) is 0 Å². The van der Waals surface area contributed by atoms with Crippen LogP contribution in [0.15, 0.2) is 0 Å². The van der Waals surface area contributed by atoms with E-state index in [9.17, 15) is 0 Å². The van der Waals surface area contributed by atoms with Crippen molar-refractivity contribution >= 4 is 0 Å². The summed E-state index contributed by atoms with van der Waals surface area (Å²) in [7, 11) is 0. The quantitative estimate of drug-likeness (QED) is 0.545. The molecule has 0 amide bonds. The lowest BCUT2D eigenvalue weighted by atomic mass is 9.98. The molecule has 4 heteroatoms. The van der Waals surface area contributed by atoms with Gasteiger partial charge in [0.15, 0.2) is 0 Å². The first kappa shape index (κ1) is 9.40. The van der Waals surface area contributed by atoms with Crippen molar-refractivity contribution in [1.29, 1.82) is 0 Å². The van der Waals surface area contributed by atoms with Crippen LogP contribution in [-0.2, 0) is 0 Å². The van der Waals surface area contributed by atoms with Crippen molar-refractivity contribution in [3.05, 3.63) is 0 Å². The van der Waals surface area contributed by atoms with E-state index >= 15 is 0 Å². The van der Waals surface area contributed by atoms with Gasteiger partial charge < -0.3 is 11.1 Å². The van der Waals surface area contributed by atoms with Gasteiger partial charge >= 0.3 is 0 Å². The number of rotatable bonds is 1. The predicted octanol–water partition coefficient (Wildman–Crippen LogP) is -1.06. The maximum absolute atomic E-state index is 5.89. The van der Waals surface area contributed by atoms with E-state index < -0.39 is 0 Å². The van der Waals surface area contributed by atoms with Crippen LogP contribution in [-0.4, -0.2) is 48.8 Å². The van der Waals surface area contributed by atoms with Crippen LogP contribution < -0.4 is 16.4 Å². The molecule has 3 N–H and O–H groups in total. The summed E-state index contributed by atoms with van der Waals surface area (Å²) >= 11 is 0. The molecule has 13 heavy (non-hydrogen) atoms.